The number of amides is 1. The maximum atomic E-state index is 13.1. The standard InChI is InChI=1S/C16H22N6O.CH2O2/c1-20(2)15(23)16(14-10-17-6-7-19-14)5-4-8-22(16)11-13-9-18-12-21(13)3;2-1-3/h6-7,9-10,12H,4-5,8,11H2,1-3H3;1H,(H,2,3). The van der Waals surface area contributed by atoms with Crippen LogP contribution in [0.5, 0.6) is 0 Å². The Labute approximate surface area is 152 Å². The van der Waals surface area contributed by atoms with Crippen LogP contribution in [0.2, 0.25) is 0 Å². The molecule has 1 aliphatic rings. The lowest BCUT2D eigenvalue weighted by atomic mass is 9.90. The fourth-order valence-corrected chi connectivity index (χ4v) is 3.35. The maximum Gasteiger partial charge on any atom is 0.290 e. The number of aromatic nitrogens is 4. The van der Waals surface area contributed by atoms with Gasteiger partial charge >= 0.3 is 0 Å². The number of imidazole rings is 1. The Balaban J connectivity index is 0.000000758. The fraction of sp³-hybridized carbons (Fsp3) is 0.471. The molecule has 2 aromatic heterocycles. The van der Waals surface area contributed by atoms with Gasteiger partial charge in [-0.25, -0.2) is 4.98 Å². The second kappa shape index (κ2) is 8.52. The molecule has 1 saturated heterocycles. The molecular weight excluding hydrogens is 336 g/mol. The van der Waals surface area contributed by atoms with Crippen LogP contribution < -0.4 is 0 Å². The van der Waals surface area contributed by atoms with E-state index < -0.39 is 5.54 Å². The second-order valence-electron chi connectivity index (χ2n) is 6.28. The van der Waals surface area contributed by atoms with Gasteiger partial charge in [0, 0.05) is 52.8 Å². The molecule has 0 bridgehead atoms. The summed E-state index contributed by atoms with van der Waals surface area (Å²) < 4.78 is 1.99. The smallest absolute Gasteiger partial charge is 0.290 e. The summed E-state index contributed by atoms with van der Waals surface area (Å²) in [6.07, 6.45) is 10.3. The van der Waals surface area contributed by atoms with Gasteiger partial charge in [0.15, 0.2) is 0 Å². The van der Waals surface area contributed by atoms with E-state index >= 15 is 0 Å². The van der Waals surface area contributed by atoms with Crippen LogP contribution in [-0.4, -0.2) is 67.4 Å². The summed E-state index contributed by atoms with van der Waals surface area (Å²) in [5.74, 6) is 0.0534. The quantitative estimate of drug-likeness (QED) is 0.791. The number of nitrogens with zero attached hydrogens (tertiary/aromatic N) is 6. The number of carbonyl (C=O) groups excluding carboxylic acids is 1. The minimum atomic E-state index is -0.748. The molecule has 1 amide bonds. The van der Waals surface area contributed by atoms with Crippen LogP contribution in [0.3, 0.4) is 0 Å². The highest BCUT2D eigenvalue weighted by atomic mass is 16.3. The highest BCUT2D eigenvalue weighted by Crippen LogP contribution is 2.40. The molecule has 0 radical (unpaired) electrons. The molecule has 2 aromatic rings. The molecule has 1 N–H and O–H groups in total. The lowest BCUT2D eigenvalue weighted by Gasteiger charge is -2.38. The summed E-state index contributed by atoms with van der Waals surface area (Å²) in [5, 5.41) is 6.89. The average molecular weight is 360 g/mol. The van der Waals surface area contributed by atoms with E-state index in [0.717, 1.165) is 30.8 Å². The summed E-state index contributed by atoms with van der Waals surface area (Å²) in [6, 6.07) is 0. The third-order valence-electron chi connectivity index (χ3n) is 4.52. The van der Waals surface area contributed by atoms with Crippen LogP contribution in [0.1, 0.15) is 24.2 Å². The summed E-state index contributed by atoms with van der Waals surface area (Å²) in [7, 11) is 5.55. The number of carboxylic acid groups (broad SMARTS) is 1. The zero-order valence-electron chi connectivity index (χ0n) is 15.2. The minimum Gasteiger partial charge on any atom is -0.483 e. The Morgan fingerprint density at radius 3 is 2.62 bits per heavy atom. The van der Waals surface area contributed by atoms with Gasteiger partial charge in [-0.2, -0.15) is 0 Å². The number of hydrogen-bond acceptors (Lipinski definition) is 6. The van der Waals surface area contributed by atoms with Crippen LogP contribution in [0.15, 0.2) is 31.1 Å². The summed E-state index contributed by atoms with van der Waals surface area (Å²) in [6.45, 7) is 1.26. The van der Waals surface area contributed by atoms with Gasteiger partial charge in [-0.1, -0.05) is 0 Å². The molecule has 1 aliphatic heterocycles. The highest BCUT2D eigenvalue weighted by Gasteiger charge is 2.51. The van der Waals surface area contributed by atoms with Crippen LogP contribution in [0, 0.1) is 0 Å². The molecule has 3 heterocycles. The van der Waals surface area contributed by atoms with Crippen LogP contribution >= 0.6 is 0 Å². The molecule has 26 heavy (non-hydrogen) atoms. The second-order valence-corrected chi connectivity index (χ2v) is 6.28. The van der Waals surface area contributed by atoms with E-state index in [0.29, 0.717) is 6.54 Å². The predicted octanol–water partition coefficient (Wildman–Crippen LogP) is 0.490. The van der Waals surface area contributed by atoms with Crippen molar-refractivity contribution in [2.24, 2.45) is 7.05 Å². The molecule has 0 aliphatic carbocycles. The van der Waals surface area contributed by atoms with Crippen LogP contribution in [0.4, 0.5) is 0 Å². The van der Waals surface area contributed by atoms with Gasteiger partial charge < -0.3 is 14.6 Å². The van der Waals surface area contributed by atoms with E-state index in [1.165, 1.54) is 0 Å². The van der Waals surface area contributed by atoms with Gasteiger partial charge in [0.2, 0.25) is 5.91 Å². The number of carbonyl (C=O) groups is 2. The molecule has 140 valence electrons. The number of aryl methyl sites for hydroxylation is 1. The highest BCUT2D eigenvalue weighted by molar-refractivity contribution is 5.87. The predicted molar refractivity (Wildman–Crippen MR) is 93.9 cm³/mol. The van der Waals surface area contributed by atoms with Gasteiger partial charge in [-0.05, 0) is 12.8 Å². The molecule has 3 rings (SSSR count). The van der Waals surface area contributed by atoms with Gasteiger partial charge in [0.05, 0.1) is 23.9 Å². The van der Waals surface area contributed by atoms with Crippen molar-refractivity contribution in [2.45, 2.75) is 24.9 Å². The van der Waals surface area contributed by atoms with Gasteiger partial charge in [0.1, 0.15) is 5.54 Å². The number of rotatable bonds is 4. The first kappa shape index (κ1) is 19.5. The van der Waals surface area contributed by atoms with E-state index in [4.69, 9.17) is 9.90 Å². The van der Waals surface area contributed by atoms with E-state index in [2.05, 4.69) is 19.9 Å². The molecule has 0 saturated carbocycles. The van der Waals surface area contributed by atoms with Crippen molar-refractivity contribution in [1.29, 1.82) is 0 Å². The van der Waals surface area contributed by atoms with E-state index in [9.17, 15) is 4.79 Å². The summed E-state index contributed by atoms with van der Waals surface area (Å²) in [4.78, 5) is 38.1. The lowest BCUT2D eigenvalue weighted by molar-refractivity contribution is -0.141. The number of likely N-dealkylation sites (N-methyl/N-ethyl adjacent to an activating group) is 1. The van der Waals surface area contributed by atoms with E-state index in [-0.39, 0.29) is 12.4 Å². The Morgan fingerprint density at radius 1 is 1.35 bits per heavy atom. The first-order valence-electron chi connectivity index (χ1n) is 8.23. The number of hydrogen-bond donors (Lipinski definition) is 1. The van der Waals surface area contributed by atoms with Crippen molar-refractivity contribution in [1.82, 2.24) is 29.3 Å². The topological polar surface area (TPSA) is 104 Å². The summed E-state index contributed by atoms with van der Waals surface area (Å²) in [5.41, 5.74) is 1.05. The zero-order valence-corrected chi connectivity index (χ0v) is 15.2. The van der Waals surface area contributed by atoms with Crippen molar-refractivity contribution in [2.75, 3.05) is 20.6 Å². The fourth-order valence-electron chi connectivity index (χ4n) is 3.35. The van der Waals surface area contributed by atoms with Crippen molar-refractivity contribution in [3.05, 3.63) is 42.5 Å². The normalized spacial score (nSPS) is 19.5. The van der Waals surface area contributed by atoms with Crippen molar-refractivity contribution in [3.63, 3.8) is 0 Å². The zero-order chi connectivity index (χ0) is 19.2. The molecule has 9 nitrogen and oxygen atoms in total. The van der Waals surface area contributed by atoms with E-state index in [1.54, 1.807) is 43.9 Å². The molecule has 9 heteroatoms. The Kier molecular flexibility index (Phi) is 6.40. The van der Waals surface area contributed by atoms with Crippen LogP contribution in [0.25, 0.3) is 0 Å². The maximum absolute atomic E-state index is 13.1. The third kappa shape index (κ3) is 3.72. The van der Waals surface area contributed by atoms with Gasteiger partial charge in [-0.3, -0.25) is 24.5 Å². The van der Waals surface area contributed by atoms with Crippen molar-refractivity contribution >= 4 is 12.4 Å². The van der Waals surface area contributed by atoms with Gasteiger partial charge in [0.25, 0.3) is 6.47 Å². The first-order valence-corrected chi connectivity index (χ1v) is 8.23. The molecule has 1 atom stereocenters. The monoisotopic (exact) mass is 360 g/mol. The van der Waals surface area contributed by atoms with Crippen molar-refractivity contribution in [3.8, 4) is 0 Å². The molecule has 0 spiro atoms. The number of likely N-dealkylation sites (tertiary alicyclic amines) is 1. The van der Waals surface area contributed by atoms with Gasteiger partial charge in [-0.15, -0.1) is 0 Å². The first-order chi connectivity index (χ1) is 12.5. The summed E-state index contributed by atoms with van der Waals surface area (Å²) >= 11 is 0. The molecule has 0 aromatic carbocycles. The van der Waals surface area contributed by atoms with Crippen molar-refractivity contribution < 1.29 is 14.7 Å². The Hall–Kier alpha value is -2.81. The molecule has 1 unspecified atom stereocenters. The average Bonchev–Trinajstić information content (AvgIpc) is 3.23. The lowest BCUT2D eigenvalue weighted by Crippen LogP contribution is -2.53. The SMILES string of the molecule is CN(C)C(=O)C1(c2cnccn2)CCCN1Cc1cncn1C.O=CO. The van der Waals surface area contributed by atoms with Crippen LogP contribution in [-0.2, 0) is 28.7 Å². The Morgan fingerprint density at radius 2 is 2.08 bits per heavy atom. The van der Waals surface area contributed by atoms with E-state index in [1.807, 2.05) is 17.8 Å². The minimum absolute atomic E-state index is 0.0534. The largest absolute Gasteiger partial charge is 0.483 e. The third-order valence-corrected chi connectivity index (χ3v) is 4.52. The Bertz CT molecular complexity index is 733. The molecule has 1 fully saturated rings. The molecular formula is C17H24N6O3.